The molecule has 0 aliphatic carbocycles. The van der Waals surface area contributed by atoms with Crippen molar-refractivity contribution in [2.24, 2.45) is 5.41 Å². The number of barbiturate groups is 1. The van der Waals surface area contributed by atoms with Crippen LogP contribution in [0.3, 0.4) is 0 Å². The van der Waals surface area contributed by atoms with E-state index < -0.39 is 35.4 Å². The second-order valence-electron chi connectivity index (χ2n) is 8.44. The van der Waals surface area contributed by atoms with Crippen molar-refractivity contribution < 1.29 is 19.1 Å². The summed E-state index contributed by atoms with van der Waals surface area (Å²) in [7, 11) is 0. The number of imide groups is 2. The van der Waals surface area contributed by atoms with Gasteiger partial charge in [-0.3, -0.25) is 20.2 Å². The maximum Gasteiger partial charge on any atom is 0.328 e. The highest BCUT2D eigenvalue weighted by molar-refractivity contribution is 7.15. The Labute approximate surface area is 183 Å². The van der Waals surface area contributed by atoms with Crippen molar-refractivity contribution in [1.82, 2.24) is 20.6 Å². The number of aryl methyl sites for hydroxylation is 2. The van der Waals surface area contributed by atoms with Crippen LogP contribution in [-0.4, -0.2) is 52.6 Å². The van der Waals surface area contributed by atoms with E-state index in [4.69, 9.17) is 9.72 Å². The second-order valence-corrected chi connectivity index (χ2v) is 9.65. The number of nitrogens with zero attached hydrogens (tertiary/aromatic N) is 3. The normalized spacial score (nSPS) is 26.9. The molecule has 2 N–H and O–H groups in total. The first-order valence-electron chi connectivity index (χ1n) is 10.2. The predicted octanol–water partition coefficient (Wildman–Crippen LogP) is 1.71. The quantitative estimate of drug-likeness (QED) is 0.648. The molecule has 2 aromatic heterocycles. The third-order valence-electron chi connectivity index (χ3n) is 6.29. The van der Waals surface area contributed by atoms with Gasteiger partial charge in [-0.15, -0.1) is 11.3 Å². The van der Waals surface area contributed by atoms with Crippen molar-refractivity contribution in [3.8, 4) is 10.6 Å². The van der Waals surface area contributed by atoms with E-state index in [0.717, 1.165) is 27.0 Å². The monoisotopic (exact) mass is 441 g/mol. The lowest BCUT2D eigenvalue weighted by molar-refractivity contribution is -0.153. The number of urea groups is 1. The van der Waals surface area contributed by atoms with Gasteiger partial charge >= 0.3 is 6.03 Å². The summed E-state index contributed by atoms with van der Waals surface area (Å²) in [6.45, 7) is 8.23. The number of hydrogen-bond acceptors (Lipinski definition) is 8. The average molecular weight is 442 g/mol. The number of nitrogens with one attached hydrogen (secondary N) is 2. The van der Waals surface area contributed by atoms with E-state index in [0.29, 0.717) is 12.2 Å². The lowest BCUT2D eigenvalue weighted by atomic mass is 9.67. The van der Waals surface area contributed by atoms with Gasteiger partial charge in [0.1, 0.15) is 0 Å². The number of anilines is 1. The molecule has 3 aliphatic rings. The lowest BCUT2D eigenvalue weighted by Gasteiger charge is -2.55. The SMILES string of the molecule is Cc1nc(C)c(-c2ccc3c(n2)CC2(C(=O)NC(=O)NC2=O)[C@H]2[C@H](C)O[C@H](C)CN32)s1. The fourth-order valence-electron chi connectivity index (χ4n) is 5.19. The maximum atomic E-state index is 13.2. The maximum absolute atomic E-state index is 13.2. The molecule has 1 spiro atoms. The minimum atomic E-state index is -1.51. The van der Waals surface area contributed by atoms with Crippen LogP contribution in [0.5, 0.6) is 0 Å². The highest BCUT2D eigenvalue weighted by Gasteiger charge is 2.63. The van der Waals surface area contributed by atoms with Crippen molar-refractivity contribution in [1.29, 1.82) is 0 Å². The van der Waals surface area contributed by atoms with Crippen LogP contribution in [0.1, 0.15) is 30.2 Å². The number of fused-ring (bicyclic) bond motifs is 4. The van der Waals surface area contributed by atoms with E-state index in [-0.39, 0.29) is 12.5 Å². The average Bonchev–Trinajstić information content (AvgIpc) is 3.03. The Hall–Kier alpha value is -2.85. The molecule has 3 atom stereocenters. The molecule has 2 fully saturated rings. The van der Waals surface area contributed by atoms with Gasteiger partial charge in [-0.2, -0.15) is 0 Å². The smallest absolute Gasteiger partial charge is 0.328 e. The molecule has 0 unspecified atom stereocenters. The van der Waals surface area contributed by atoms with Gasteiger partial charge in [0.05, 0.1) is 50.9 Å². The minimum Gasteiger partial charge on any atom is -0.372 e. The van der Waals surface area contributed by atoms with E-state index >= 15 is 0 Å². The molecule has 4 amide bonds. The minimum absolute atomic E-state index is 0.0845. The molecule has 9 nitrogen and oxygen atoms in total. The van der Waals surface area contributed by atoms with E-state index in [1.54, 1.807) is 11.3 Å². The fourth-order valence-corrected chi connectivity index (χ4v) is 6.07. The number of morpholine rings is 1. The standard InChI is InChI=1S/C21H23N5O4S/c1-9-8-26-15-6-5-13(16-10(2)22-12(4)31-16)23-14(15)7-21(17(26)11(3)30-9)18(27)24-20(29)25-19(21)28/h5-6,9,11,17H,7-8H2,1-4H3,(H2,24,25,27,28,29)/t9-,11+,17-/m1/s1. The molecule has 0 bridgehead atoms. The molecule has 162 valence electrons. The number of thiazole rings is 1. The molecule has 5 heterocycles. The number of carbonyl (C=O) groups excluding carboxylic acids is 3. The van der Waals surface area contributed by atoms with Crippen molar-refractivity contribution >= 4 is 34.9 Å². The van der Waals surface area contributed by atoms with Crippen LogP contribution in [0.4, 0.5) is 10.5 Å². The van der Waals surface area contributed by atoms with Gasteiger partial charge in [-0.05, 0) is 39.8 Å². The zero-order valence-corrected chi connectivity index (χ0v) is 18.5. The Kier molecular flexibility index (Phi) is 4.42. The summed E-state index contributed by atoms with van der Waals surface area (Å²) in [6, 6.07) is 2.61. The van der Waals surface area contributed by atoms with Crippen LogP contribution in [0.25, 0.3) is 10.6 Å². The number of hydrogen-bond donors (Lipinski definition) is 2. The van der Waals surface area contributed by atoms with Crippen molar-refractivity contribution in [2.75, 3.05) is 11.4 Å². The van der Waals surface area contributed by atoms with Crippen molar-refractivity contribution in [3.63, 3.8) is 0 Å². The van der Waals surface area contributed by atoms with E-state index in [2.05, 4.69) is 15.6 Å². The third kappa shape index (κ3) is 2.89. The zero-order valence-electron chi connectivity index (χ0n) is 17.7. The van der Waals surface area contributed by atoms with Crippen LogP contribution < -0.4 is 15.5 Å². The van der Waals surface area contributed by atoms with Gasteiger partial charge in [0, 0.05) is 13.0 Å². The molecule has 5 rings (SSSR count). The molecule has 3 aliphatic heterocycles. The molecule has 10 heteroatoms. The Bertz CT molecular complexity index is 1110. The first-order chi connectivity index (χ1) is 14.7. The van der Waals surface area contributed by atoms with E-state index in [1.165, 1.54) is 0 Å². The molecule has 0 saturated carbocycles. The van der Waals surface area contributed by atoms with Gasteiger partial charge < -0.3 is 9.64 Å². The summed E-state index contributed by atoms with van der Waals surface area (Å²) in [5, 5.41) is 5.54. The summed E-state index contributed by atoms with van der Waals surface area (Å²) in [6.07, 6.45) is -0.398. The Morgan fingerprint density at radius 1 is 1.13 bits per heavy atom. The number of aromatic nitrogens is 2. The summed E-state index contributed by atoms with van der Waals surface area (Å²) in [5.74, 6) is -1.21. The van der Waals surface area contributed by atoms with Crippen LogP contribution in [0.15, 0.2) is 12.1 Å². The second kappa shape index (κ2) is 6.83. The molecule has 0 radical (unpaired) electrons. The summed E-state index contributed by atoms with van der Waals surface area (Å²) in [5.41, 5.74) is 1.69. The zero-order chi connectivity index (χ0) is 22.1. The molecular formula is C21H23N5O4S. The molecule has 31 heavy (non-hydrogen) atoms. The lowest BCUT2D eigenvalue weighted by Crippen LogP contribution is -2.75. The van der Waals surface area contributed by atoms with Gasteiger partial charge in [0.15, 0.2) is 5.41 Å². The van der Waals surface area contributed by atoms with Crippen LogP contribution in [0.2, 0.25) is 0 Å². The highest BCUT2D eigenvalue weighted by atomic mass is 32.1. The van der Waals surface area contributed by atoms with Gasteiger partial charge in [0.2, 0.25) is 11.8 Å². The van der Waals surface area contributed by atoms with E-state index in [9.17, 15) is 14.4 Å². The Morgan fingerprint density at radius 3 is 2.48 bits per heavy atom. The fraction of sp³-hybridized carbons (Fsp3) is 0.476. The van der Waals surface area contributed by atoms with Crippen LogP contribution in [0, 0.1) is 19.3 Å². The molecule has 2 saturated heterocycles. The van der Waals surface area contributed by atoms with E-state index in [1.807, 2.05) is 44.7 Å². The number of amides is 4. The van der Waals surface area contributed by atoms with Gasteiger partial charge in [-0.25, -0.2) is 14.8 Å². The topological polar surface area (TPSA) is 114 Å². The first kappa shape index (κ1) is 20.1. The van der Waals surface area contributed by atoms with Crippen molar-refractivity contribution in [3.05, 3.63) is 28.5 Å². The van der Waals surface area contributed by atoms with Crippen LogP contribution >= 0.6 is 11.3 Å². The van der Waals surface area contributed by atoms with Crippen molar-refractivity contribution in [2.45, 2.75) is 52.4 Å². The number of pyridine rings is 1. The third-order valence-corrected chi connectivity index (χ3v) is 7.39. The summed E-state index contributed by atoms with van der Waals surface area (Å²) >= 11 is 1.56. The Balaban J connectivity index is 1.68. The number of carbonyl (C=O) groups is 3. The summed E-state index contributed by atoms with van der Waals surface area (Å²) in [4.78, 5) is 50.6. The summed E-state index contributed by atoms with van der Waals surface area (Å²) < 4.78 is 6.02. The van der Waals surface area contributed by atoms with Crippen LogP contribution in [-0.2, 0) is 20.7 Å². The molecule has 0 aromatic carbocycles. The highest BCUT2D eigenvalue weighted by Crippen LogP contribution is 2.46. The molecule has 2 aromatic rings. The van der Waals surface area contributed by atoms with Gasteiger partial charge in [0.25, 0.3) is 0 Å². The van der Waals surface area contributed by atoms with Gasteiger partial charge in [-0.1, -0.05) is 0 Å². The number of ether oxygens (including phenoxy) is 1. The number of rotatable bonds is 1. The first-order valence-corrected chi connectivity index (χ1v) is 11.1. The molecular weight excluding hydrogens is 418 g/mol. The predicted molar refractivity (Wildman–Crippen MR) is 114 cm³/mol. The Morgan fingerprint density at radius 2 is 1.84 bits per heavy atom. The largest absolute Gasteiger partial charge is 0.372 e.